The lowest BCUT2D eigenvalue weighted by molar-refractivity contribution is 0.112. The highest BCUT2D eigenvalue weighted by atomic mass is 19.1. The van der Waals surface area contributed by atoms with Gasteiger partial charge >= 0.3 is 0 Å². The molecule has 72 valence electrons. The Balaban J connectivity index is 2.86. The van der Waals surface area contributed by atoms with Crippen molar-refractivity contribution in [1.29, 1.82) is 0 Å². The molecule has 2 aromatic rings. The number of aromatic amines is 1. The van der Waals surface area contributed by atoms with Crippen LogP contribution in [0.25, 0.3) is 10.9 Å². The van der Waals surface area contributed by atoms with Gasteiger partial charge in [-0.15, -0.1) is 0 Å². The van der Waals surface area contributed by atoms with Crippen LogP contribution in [0.15, 0.2) is 18.2 Å². The minimum absolute atomic E-state index is 0.315. The second-order valence-corrected chi connectivity index (χ2v) is 3.15. The number of halogens is 1. The second kappa shape index (κ2) is 3.25. The van der Waals surface area contributed by atoms with Crippen LogP contribution in [0.4, 0.5) is 4.39 Å². The molecule has 0 fully saturated rings. The Morgan fingerprint density at radius 1 is 1.50 bits per heavy atom. The molecule has 1 aromatic heterocycles. The summed E-state index contributed by atoms with van der Waals surface area (Å²) in [4.78, 5) is 13.8. The molecule has 2 nitrogen and oxygen atoms in total. The SMILES string of the molecule is CCc1[nH]c2c(F)cccc2c1C=O. The Kier molecular flexibility index (Phi) is 2.08. The van der Waals surface area contributed by atoms with Gasteiger partial charge in [-0.05, 0) is 12.5 Å². The zero-order valence-electron chi connectivity index (χ0n) is 7.80. The average molecular weight is 191 g/mol. The highest BCUT2D eigenvalue weighted by molar-refractivity contribution is 5.99. The predicted molar refractivity (Wildman–Crippen MR) is 53.0 cm³/mol. The van der Waals surface area contributed by atoms with Crippen molar-refractivity contribution in [2.24, 2.45) is 0 Å². The van der Waals surface area contributed by atoms with Crippen molar-refractivity contribution in [3.8, 4) is 0 Å². The smallest absolute Gasteiger partial charge is 0.152 e. The largest absolute Gasteiger partial charge is 0.355 e. The first-order valence-corrected chi connectivity index (χ1v) is 4.52. The molecule has 0 bridgehead atoms. The van der Waals surface area contributed by atoms with Crippen LogP contribution in [0.2, 0.25) is 0 Å². The number of fused-ring (bicyclic) bond motifs is 1. The number of aromatic nitrogens is 1. The molecule has 0 spiro atoms. The number of carbonyl (C=O) groups is 1. The fourth-order valence-electron chi connectivity index (χ4n) is 1.67. The Bertz CT molecular complexity index is 487. The van der Waals surface area contributed by atoms with Gasteiger partial charge in [0.2, 0.25) is 0 Å². The highest BCUT2D eigenvalue weighted by Gasteiger charge is 2.11. The molecular weight excluding hydrogens is 181 g/mol. The van der Waals surface area contributed by atoms with Gasteiger partial charge in [-0.3, -0.25) is 4.79 Å². The normalized spacial score (nSPS) is 10.7. The summed E-state index contributed by atoms with van der Waals surface area (Å²) in [6.07, 6.45) is 1.47. The van der Waals surface area contributed by atoms with E-state index in [0.717, 1.165) is 12.0 Å². The predicted octanol–water partition coefficient (Wildman–Crippen LogP) is 2.68. The fraction of sp³-hybridized carbons (Fsp3) is 0.182. The Labute approximate surface area is 80.7 Å². The van der Waals surface area contributed by atoms with Gasteiger partial charge in [0.25, 0.3) is 0 Å². The fourth-order valence-corrected chi connectivity index (χ4v) is 1.67. The van der Waals surface area contributed by atoms with Crippen molar-refractivity contribution in [3.63, 3.8) is 0 Å². The maximum Gasteiger partial charge on any atom is 0.152 e. The third-order valence-corrected chi connectivity index (χ3v) is 2.38. The van der Waals surface area contributed by atoms with Gasteiger partial charge in [0.1, 0.15) is 5.82 Å². The maximum atomic E-state index is 13.3. The Hall–Kier alpha value is -1.64. The first-order valence-electron chi connectivity index (χ1n) is 4.52. The van der Waals surface area contributed by atoms with Crippen molar-refractivity contribution in [2.45, 2.75) is 13.3 Å². The number of benzene rings is 1. The van der Waals surface area contributed by atoms with Crippen molar-refractivity contribution in [2.75, 3.05) is 0 Å². The van der Waals surface area contributed by atoms with Gasteiger partial charge in [0.05, 0.1) is 5.52 Å². The van der Waals surface area contributed by atoms with Crippen LogP contribution in [-0.4, -0.2) is 11.3 Å². The molecule has 2 rings (SSSR count). The van der Waals surface area contributed by atoms with Crippen molar-refractivity contribution in [3.05, 3.63) is 35.3 Å². The van der Waals surface area contributed by atoms with Gasteiger partial charge in [0.15, 0.2) is 6.29 Å². The minimum atomic E-state index is -0.315. The highest BCUT2D eigenvalue weighted by Crippen LogP contribution is 2.23. The first kappa shape index (κ1) is 8.94. The molecule has 0 radical (unpaired) electrons. The molecule has 0 saturated heterocycles. The van der Waals surface area contributed by atoms with E-state index in [2.05, 4.69) is 4.98 Å². The van der Waals surface area contributed by atoms with Crippen LogP contribution >= 0.6 is 0 Å². The van der Waals surface area contributed by atoms with Crippen LogP contribution in [0, 0.1) is 5.82 Å². The van der Waals surface area contributed by atoms with Crippen molar-refractivity contribution in [1.82, 2.24) is 4.98 Å². The molecule has 0 atom stereocenters. The number of hydrogen-bond donors (Lipinski definition) is 1. The van der Waals surface area contributed by atoms with Crippen LogP contribution < -0.4 is 0 Å². The van der Waals surface area contributed by atoms with Crippen molar-refractivity contribution >= 4 is 17.2 Å². The van der Waals surface area contributed by atoms with E-state index in [-0.39, 0.29) is 5.82 Å². The van der Waals surface area contributed by atoms with Crippen LogP contribution in [0.5, 0.6) is 0 Å². The molecule has 3 heteroatoms. The molecule has 0 unspecified atom stereocenters. The summed E-state index contributed by atoms with van der Waals surface area (Å²) in [5, 5.41) is 0.664. The Morgan fingerprint density at radius 2 is 2.29 bits per heavy atom. The number of hydrogen-bond acceptors (Lipinski definition) is 1. The maximum absolute atomic E-state index is 13.3. The van der Waals surface area contributed by atoms with E-state index in [9.17, 15) is 9.18 Å². The number of H-pyrrole nitrogens is 1. The summed E-state index contributed by atoms with van der Waals surface area (Å²) >= 11 is 0. The first-order chi connectivity index (χ1) is 6.77. The molecule has 0 aliphatic carbocycles. The number of nitrogens with one attached hydrogen (secondary N) is 1. The van der Waals surface area contributed by atoms with E-state index in [0.29, 0.717) is 22.9 Å². The third kappa shape index (κ3) is 1.13. The summed E-state index contributed by atoms with van der Waals surface area (Å²) in [5.74, 6) is -0.315. The number of rotatable bonds is 2. The standard InChI is InChI=1S/C11H10FNO/c1-2-10-8(6-14)7-4-3-5-9(12)11(7)13-10/h3-6,13H,2H2,1H3. The summed E-state index contributed by atoms with van der Waals surface area (Å²) in [5.41, 5.74) is 1.79. The van der Waals surface area contributed by atoms with E-state index in [1.54, 1.807) is 12.1 Å². The number of aldehydes is 1. The lowest BCUT2D eigenvalue weighted by Gasteiger charge is -1.91. The molecule has 1 aromatic carbocycles. The van der Waals surface area contributed by atoms with E-state index < -0.39 is 0 Å². The number of carbonyl (C=O) groups excluding carboxylic acids is 1. The van der Waals surface area contributed by atoms with Crippen LogP contribution in [-0.2, 0) is 6.42 Å². The summed E-state index contributed by atoms with van der Waals surface area (Å²) < 4.78 is 13.3. The molecule has 1 heterocycles. The van der Waals surface area contributed by atoms with E-state index in [1.807, 2.05) is 6.92 Å². The second-order valence-electron chi connectivity index (χ2n) is 3.15. The summed E-state index contributed by atoms with van der Waals surface area (Å²) in [6, 6.07) is 4.74. The van der Waals surface area contributed by atoms with Gasteiger partial charge in [-0.25, -0.2) is 4.39 Å². The molecule has 0 aliphatic rings. The minimum Gasteiger partial charge on any atom is -0.355 e. The number of para-hydroxylation sites is 1. The molecule has 14 heavy (non-hydrogen) atoms. The zero-order valence-corrected chi connectivity index (χ0v) is 7.80. The van der Waals surface area contributed by atoms with Gasteiger partial charge in [-0.2, -0.15) is 0 Å². The third-order valence-electron chi connectivity index (χ3n) is 2.38. The quantitative estimate of drug-likeness (QED) is 0.727. The van der Waals surface area contributed by atoms with Gasteiger partial charge < -0.3 is 4.98 Å². The van der Waals surface area contributed by atoms with E-state index in [4.69, 9.17) is 0 Å². The average Bonchev–Trinajstić information content (AvgIpc) is 2.57. The summed E-state index contributed by atoms with van der Waals surface area (Å²) in [6.45, 7) is 1.93. The van der Waals surface area contributed by atoms with Crippen molar-refractivity contribution < 1.29 is 9.18 Å². The Morgan fingerprint density at radius 3 is 2.93 bits per heavy atom. The van der Waals surface area contributed by atoms with Gasteiger partial charge in [-0.1, -0.05) is 19.1 Å². The monoisotopic (exact) mass is 191 g/mol. The zero-order chi connectivity index (χ0) is 10.1. The lowest BCUT2D eigenvalue weighted by atomic mass is 10.1. The van der Waals surface area contributed by atoms with Crippen LogP contribution in [0.1, 0.15) is 23.0 Å². The lowest BCUT2D eigenvalue weighted by Crippen LogP contribution is -1.85. The number of aryl methyl sites for hydroxylation is 1. The molecular formula is C11H10FNO. The molecule has 1 N–H and O–H groups in total. The molecule has 0 saturated carbocycles. The molecule has 0 amide bonds. The van der Waals surface area contributed by atoms with E-state index >= 15 is 0 Å². The topological polar surface area (TPSA) is 32.9 Å². The van der Waals surface area contributed by atoms with Crippen LogP contribution in [0.3, 0.4) is 0 Å². The van der Waals surface area contributed by atoms with Gasteiger partial charge in [0, 0.05) is 16.6 Å². The van der Waals surface area contributed by atoms with E-state index in [1.165, 1.54) is 6.07 Å². The molecule has 0 aliphatic heterocycles. The summed E-state index contributed by atoms with van der Waals surface area (Å²) in [7, 11) is 0.